The van der Waals surface area contributed by atoms with Crippen LogP contribution in [0.5, 0.6) is 0 Å². The Hall–Kier alpha value is -6.28. The van der Waals surface area contributed by atoms with Gasteiger partial charge in [-0.1, -0.05) is 91.9 Å². The highest BCUT2D eigenvalue weighted by Crippen LogP contribution is 2.22. The SMILES string of the molecule is CCCOC.NC(N)=NCCCC(NC(=O)[C@@H](Cc1ccccc1)NC(=O)CNC(=O)c1ccccc1)C(=O)NCC(=O)Nc1cccc2ccccc12. The third-order valence-corrected chi connectivity index (χ3v) is 7.85. The van der Waals surface area contributed by atoms with Gasteiger partial charge in [0.25, 0.3) is 5.91 Å². The molecule has 1 unspecified atom stereocenters. The molecule has 0 fully saturated rings. The number of methoxy groups -OCH3 is 1. The van der Waals surface area contributed by atoms with E-state index in [0.717, 1.165) is 29.4 Å². The van der Waals surface area contributed by atoms with Gasteiger partial charge in [0.2, 0.25) is 23.6 Å². The molecule has 2 atom stereocenters. The molecule has 0 aliphatic carbocycles. The number of ether oxygens (including phenoxy) is 1. The van der Waals surface area contributed by atoms with Gasteiger partial charge in [0.1, 0.15) is 12.1 Å². The van der Waals surface area contributed by atoms with Crippen LogP contribution in [0.15, 0.2) is 108 Å². The van der Waals surface area contributed by atoms with Gasteiger partial charge >= 0.3 is 0 Å². The minimum Gasteiger partial charge on any atom is -0.385 e. The van der Waals surface area contributed by atoms with Crippen LogP contribution in [0.1, 0.15) is 42.1 Å². The van der Waals surface area contributed by atoms with E-state index < -0.39 is 41.6 Å². The molecule has 14 nitrogen and oxygen atoms in total. The van der Waals surface area contributed by atoms with Gasteiger partial charge in [0, 0.05) is 43.3 Å². The molecular weight excluding hydrogens is 688 g/mol. The molecule has 0 saturated heterocycles. The van der Waals surface area contributed by atoms with Crippen LogP contribution in [-0.4, -0.2) is 80.9 Å². The van der Waals surface area contributed by atoms with Gasteiger partial charge in [-0.15, -0.1) is 0 Å². The molecule has 286 valence electrons. The third kappa shape index (κ3) is 15.1. The van der Waals surface area contributed by atoms with Crippen LogP contribution in [0.2, 0.25) is 0 Å². The quantitative estimate of drug-likeness (QED) is 0.0456. The maximum atomic E-state index is 13.7. The molecule has 9 N–H and O–H groups in total. The van der Waals surface area contributed by atoms with Crippen LogP contribution in [0, 0.1) is 0 Å². The molecule has 0 bridgehead atoms. The highest BCUT2D eigenvalue weighted by Gasteiger charge is 2.27. The topological polar surface area (TPSA) is 219 Å². The van der Waals surface area contributed by atoms with E-state index in [0.29, 0.717) is 17.7 Å². The fourth-order valence-electron chi connectivity index (χ4n) is 5.22. The van der Waals surface area contributed by atoms with E-state index >= 15 is 0 Å². The summed E-state index contributed by atoms with van der Waals surface area (Å²) in [6.45, 7) is 2.45. The predicted molar refractivity (Wildman–Crippen MR) is 210 cm³/mol. The average Bonchev–Trinajstić information content (AvgIpc) is 3.18. The standard InChI is InChI=1S/C36H40N8O5.C4H10O/c37-36(38)39-20-10-19-29(34(48)41-23-31(45)42-28-18-9-16-25-13-7-8-17-27(25)28)44-35(49)30(21-24-11-3-1-4-12-24)43-32(46)22-40-33(47)26-14-5-2-6-15-26;1-3-4-5-2/h1-9,11-18,29-30H,10,19-23H2,(H,40,47)(H,41,48)(H,42,45)(H,43,46)(H,44,49)(H4,37,38,39);3-4H2,1-2H3/t29?,30-;/m1./s1. The number of hydrogen-bond donors (Lipinski definition) is 7. The number of anilines is 1. The Morgan fingerprint density at radius 2 is 1.37 bits per heavy atom. The lowest BCUT2D eigenvalue weighted by Gasteiger charge is -2.23. The lowest BCUT2D eigenvalue weighted by Crippen LogP contribution is -2.55. The number of hydrogen-bond acceptors (Lipinski definition) is 7. The summed E-state index contributed by atoms with van der Waals surface area (Å²) in [5, 5.41) is 15.2. The van der Waals surface area contributed by atoms with Gasteiger partial charge in [-0.2, -0.15) is 0 Å². The van der Waals surface area contributed by atoms with Crippen molar-refractivity contribution in [3.05, 3.63) is 114 Å². The maximum absolute atomic E-state index is 13.7. The second-order valence-electron chi connectivity index (χ2n) is 12.2. The van der Waals surface area contributed by atoms with Crippen molar-refractivity contribution in [2.45, 2.75) is 44.7 Å². The van der Waals surface area contributed by atoms with E-state index in [9.17, 15) is 24.0 Å². The molecule has 0 aromatic heterocycles. The molecule has 0 spiro atoms. The van der Waals surface area contributed by atoms with Crippen LogP contribution in [0.4, 0.5) is 5.69 Å². The Kier molecular flexibility index (Phi) is 18.2. The number of carbonyl (C=O) groups excluding carboxylic acids is 5. The molecule has 0 heterocycles. The van der Waals surface area contributed by atoms with Gasteiger partial charge in [0.05, 0.1) is 13.1 Å². The van der Waals surface area contributed by atoms with Crippen LogP contribution in [0.25, 0.3) is 10.8 Å². The van der Waals surface area contributed by atoms with Gasteiger partial charge < -0.3 is 42.8 Å². The van der Waals surface area contributed by atoms with Gasteiger partial charge in [0.15, 0.2) is 5.96 Å². The zero-order chi connectivity index (χ0) is 39.1. The van der Waals surface area contributed by atoms with Gasteiger partial charge in [-0.05, 0) is 48.4 Å². The van der Waals surface area contributed by atoms with Crippen molar-refractivity contribution in [2.75, 3.05) is 38.7 Å². The Bertz CT molecular complexity index is 1830. The van der Waals surface area contributed by atoms with Crippen molar-refractivity contribution in [1.82, 2.24) is 21.3 Å². The lowest BCUT2D eigenvalue weighted by molar-refractivity contribution is -0.132. The van der Waals surface area contributed by atoms with E-state index in [-0.39, 0.29) is 38.4 Å². The van der Waals surface area contributed by atoms with E-state index in [4.69, 9.17) is 16.2 Å². The summed E-state index contributed by atoms with van der Waals surface area (Å²) < 4.78 is 4.69. The zero-order valence-corrected chi connectivity index (χ0v) is 30.7. The largest absolute Gasteiger partial charge is 0.385 e. The second kappa shape index (κ2) is 23.3. The molecule has 4 rings (SSSR count). The number of nitrogens with two attached hydrogens (primary N) is 2. The second-order valence-corrected chi connectivity index (χ2v) is 12.2. The van der Waals surface area contributed by atoms with Crippen molar-refractivity contribution >= 4 is 52.0 Å². The van der Waals surface area contributed by atoms with Crippen molar-refractivity contribution < 1.29 is 28.7 Å². The fourth-order valence-corrected chi connectivity index (χ4v) is 5.22. The molecule has 0 radical (unpaired) electrons. The van der Waals surface area contributed by atoms with Crippen molar-refractivity contribution in [3.63, 3.8) is 0 Å². The van der Waals surface area contributed by atoms with Crippen LogP contribution >= 0.6 is 0 Å². The Balaban J connectivity index is 0.00000147. The Labute approximate surface area is 315 Å². The molecule has 0 aliphatic rings. The number of amides is 5. The minimum atomic E-state index is -1.09. The molecular formula is C40H50N8O6. The van der Waals surface area contributed by atoms with E-state index in [1.165, 1.54) is 0 Å². The number of aliphatic imine (C=N–C) groups is 1. The molecule has 14 heteroatoms. The Morgan fingerprint density at radius 1 is 0.722 bits per heavy atom. The normalized spacial score (nSPS) is 11.4. The number of nitrogens with zero attached hydrogens (tertiary/aromatic N) is 1. The number of guanidine groups is 1. The monoisotopic (exact) mass is 738 g/mol. The maximum Gasteiger partial charge on any atom is 0.251 e. The predicted octanol–water partition coefficient (Wildman–Crippen LogP) is 2.63. The van der Waals surface area contributed by atoms with Gasteiger partial charge in [-0.3, -0.25) is 29.0 Å². The number of fused-ring (bicyclic) bond motifs is 1. The first-order valence-electron chi connectivity index (χ1n) is 17.7. The van der Waals surface area contributed by atoms with E-state index in [2.05, 4.69) is 38.5 Å². The summed E-state index contributed by atoms with van der Waals surface area (Å²) in [5.74, 6) is -2.84. The molecule has 5 amide bonds. The van der Waals surface area contributed by atoms with Crippen LogP contribution < -0.4 is 38.1 Å². The third-order valence-electron chi connectivity index (χ3n) is 7.85. The van der Waals surface area contributed by atoms with Gasteiger partial charge in [-0.25, -0.2) is 0 Å². The average molecular weight is 739 g/mol. The first kappa shape index (κ1) is 42.1. The summed E-state index contributed by atoms with van der Waals surface area (Å²) in [7, 11) is 1.71. The zero-order valence-electron chi connectivity index (χ0n) is 30.7. The molecule has 0 saturated carbocycles. The minimum absolute atomic E-state index is 0.111. The molecule has 4 aromatic rings. The Morgan fingerprint density at radius 3 is 2.04 bits per heavy atom. The van der Waals surface area contributed by atoms with E-state index in [1.807, 2.05) is 42.5 Å². The lowest BCUT2D eigenvalue weighted by atomic mass is 10.0. The molecule has 4 aromatic carbocycles. The van der Waals surface area contributed by atoms with E-state index in [1.54, 1.807) is 67.8 Å². The smallest absolute Gasteiger partial charge is 0.251 e. The van der Waals surface area contributed by atoms with Crippen molar-refractivity contribution in [2.24, 2.45) is 16.5 Å². The summed E-state index contributed by atoms with van der Waals surface area (Å²) in [5.41, 5.74) is 12.6. The highest BCUT2D eigenvalue weighted by atomic mass is 16.5. The first-order valence-corrected chi connectivity index (χ1v) is 17.7. The van der Waals surface area contributed by atoms with Crippen molar-refractivity contribution in [3.8, 4) is 0 Å². The summed E-state index contributed by atoms with van der Waals surface area (Å²) in [6.07, 6.45) is 1.70. The fraction of sp³-hybridized carbons (Fsp3) is 0.300. The number of carbonyl (C=O) groups is 5. The highest BCUT2D eigenvalue weighted by molar-refractivity contribution is 6.04. The van der Waals surface area contributed by atoms with Crippen LogP contribution in [0.3, 0.4) is 0 Å². The first-order chi connectivity index (χ1) is 26.1. The summed E-state index contributed by atoms with van der Waals surface area (Å²) in [6, 6.07) is 28.4. The summed E-state index contributed by atoms with van der Waals surface area (Å²) >= 11 is 0. The summed E-state index contributed by atoms with van der Waals surface area (Å²) in [4.78, 5) is 69.2. The number of benzene rings is 4. The van der Waals surface area contributed by atoms with Crippen LogP contribution in [-0.2, 0) is 30.3 Å². The van der Waals surface area contributed by atoms with Crippen molar-refractivity contribution in [1.29, 1.82) is 0 Å². The number of rotatable bonds is 18. The molecule has 54 heavy (non-hydrogen) atoms. The number of nitrogens with one attached hydrogen (secondary N) is 5. The molecule has 0 aliphatic heterocycles.